The van der Waals surface area contributed by atoms with Crippen LogP contribution in [0.2, 0.25) is 0 Å². The van der Waals surface area contributed by atoms with Crippen LogP contribution in [0.3, 0.4) is 0 Å². The van der Waals surface area contributed by atoms with E-state index in [0.717, 1.165) is 29.2 Å². The van der Waals surface area contributed by atoms with E-state index in [1.807, 2.05) is 12.1 Å². The highest BCUT2D eigenvalue weighted by atomic mass is 32.1. The van der Waals surface area contributed by atoms with Crippen molar-refractivity contribution in [3.8, 4) is 22.8 Å². The highest BCUT2D eigenvalue weighted by Crippen LogP contribution is 2.39. The van der Waals surface area contributed by atoms with Gasteiger partial charge in [-0.1, -0.05) is 0 Å². The summed E-state index contributed by atoms with van der Waals surface area (Å²) in [6.45, 7) is 1.45. The molecular weight excluding hydrogens is 381 g/mol. The Morgan fingerprint density at radius 3 is 2.82 bits per heavy atom. The number of aliphatic hydroxyl groups excluding tert-OH is 1. The van der Waals surface area contributed by atoms with Crippen molar-refractivity contribution in [3.05, 3.63) is 30.3 Å². The van der Waals surface area contributed by atoms with Gasteiger partial charge >= 0.3 is 0 Å². The van der Waals surface area contributed by atoms with E-state index in [2.05, 4.69) is 24.6 Å². The molecule has 2 N–H and O–H groups in total. The molecule has 28 heavy (non-hydrogen) atoms. The van der Waals surface area contributed by atoms with Gasteiger partial charge in [-0.3, -0.25) is 9.78 Å². The molecule has 1 fully saturated rings. The number of H-pyrrole nitrogens is 1. The molecule has 0 unspecified atom stereocenters. The van der Waals surface area contributed by atoms with Crippen molar-refractivity contribution in [3.63, 3.8) is 0 Å². The molecule has 0 amide bonds. The van der Waals surface area contributed by atoms with E-state index in [4.69, 9.17) is 4.98 Å². The van der Waals surface area contributed by atoms with Crippen LogP contribution < -0.4 is 4.90 Å². The molecule has 10 heteroatoms. The van der Waals surface area contributed by atoms with Crippen LogP contribution in [-0.2, 0) is 7.05 Å². The molecule has 0 bridgehead atoms. The Labute approximate surface area is 163 Å². The lowest BCUT2D eigenvalue weighted by Crippen LogP contribution is -2.35. The summed E-state index contributed by atoms with van der Waals surface area (Å²) >= 11 is 1.37. The van der Waals surface area contributed by atoms with Gasteiger partial charge in [0, 0.05) is 26.3 Å². The zero-order valence-electron chi connectivity index (χ0n) is 15.1. The molecule has 0 aromatic carbocycles. The van der Waals surface area contributed by atoms with Gasteiger partial charge in [0.25, 0.3) is 0 Å². The Morgan fingerprint density at radius 1 is 1.32 bits per heavy atom. The number of pyridine rings is 1. The lowest BCUT2D eigenvalue weighted by molar-refractivity contribution is 0.145. The normalized spacial score (nSPS) is 15.6. The Balaban J connectivity index is 1.73. The van der Waals surface area contributed by atoms with Crippen LogP contribution in [0.15, 0.2) is 24.5 Å². The number of aliphatic hydroxyl groups is 1. The SMILES string of the molecule is Cn1ncc(F)c1-c1cc(N2CCC(O)CC2)c2snc(-c3ccn[nH]3)c2n1. The van der Waals surface area contributed by atoms with Gasteiger partial charge < -0.3 is 10.0 Å². The summed E-state index contributed by atoms with van der Waals surface area (Å²) in [4.78, 5) is 6.96. The predicted molar refractivity (Wildman–Crippen MR) is 105 cm³/mol. The van der Waals surface area contributed by atoms with Crippen molar-refractivity contribution in [2.45, 2.75) is 18.9 Å². The molecule has 5 heterocycles. The van der Waals surface area contributed by atoms with E-state index < -0.39 is 5.82 Å². The number of hydrogen-bond acceptors (Lipinski definition) is 7. The number of nitrogens with one attached hydrogen (secondary N) is 1. The average Bonchev–Trinajstić information content (AvgIpc) is 3.42. The largest absolute Gasteiger partial charge is 0.393 e. The minimum Gasteiger partial charge on any atom is -0.393 e. The molecule has 0 spiro atoms. The first kappa shape index (κ1) is 17.3. The van der Waals surface area contributed by atoms with Crippen molar-refractivity contribution in [2.24, 2.45) is 7.05 Å². The molecule has 0 radical (unpaired) electrons. The van der Waals surface area contributed by atoms with E-state index in [1.165, 1.54) is 22.4 Å². The van der Waals surface area contributed by atoms with Crippen LogP contribution in [0.5, 0.6) is 0 Å². The summed E-state index contributed by atoms with van der Waals surface area (Å²) in [5, 5.41) is 20.8. The van der Waals surface area contributed by atoms with Crippen LogP contribution >= 0.6 is 11.5 Å². The summed E-state index contributed by atoms with van der Waals surface area (Å²) in [5.74, 6) is -0.416. The topological polar surface area (TPSA) is 95.8 Å². The summed E-state index contributed by atoms with van der Waals surface area (Å²) < 4.78 is 21.4. The van der Waals surface area contributed by atoms with E-state index in [9.17, 15) is 9.50 Å². The summed E-state index contributed by atoms with van der Waals surface area (Å²) in [5.41, 5.74) is 3.96. The molecule has 1 saturated heterocycles. The highest BCUT2D eigenvalue weighted by molar-refractivity contribution is 7.14. The quantitative estimate of drug-likeness (QED) is 0.550. The van der Waals surface area contributed by atoms with Gasteiger partial charge in [-0.05, 0) is 36.5 Å². The fraction of sp³-hybridized carbons (Fsp3) is 0.333. The lowest BCUT2D eigenvalue weighted by atomic mass is 10.1. The Kier molecular flexibility index (Phi) is 4.09. The fourth-order valence-electron chi connectivity index (χ4n) is 3.63. The van der Waals surface area contributed by atoms with Crippen LogP contribution in [-0.4, -0.2) is 53.6 Å². The van der Waals surface area contributed by atoms with Gasteiger partial charge in [0.05, 0.1) is 34.1 Å². The third-order valence-electron chi connectivity index (χ3n) is 5.10. The number of hydrogen-bond donors (Lipinski definition) is 2. The molecule has 0 aliphatic carbocycles. The first-order chi connectivity index (χ1) is 13.6. The number of aromatic amines is 1. The first-order valence-corrected chi connectivity index (χ1v) is 9.80. The molecule has 0 saturated carbocycles. The summed E-state index contributed by atoms with van der Waals surface area (Å²) in [6, 6.07) is 3.74. The van der Waals surface area contributed by atoms with Gasteiger partial charge in [0.15, 0.2) is 5.82 Å². The first-order valence-electron chi connectivity index (χ1n) is 9.03. The number of aryl methyl sites for hydroxylation is 1. The monoisotopic (exact) mass is 399 g/mol. The third-order valence-corrected chi connectivity index (χ3v) is 5.96. The molecular formula is C18H18FN7OS. The maximum Gasteiger partial charge on any atom is 0.170 e. The molecule has 1 aliphatic heterocycles. The second-order valence-corrected chi connectivity index (χ2v) is 7.66. The maximum atomic E-state index is 14.4. The molecule has 4 aromatic heterocycles. The van der Waals surface area contributed by atoms with Crippen molar-refractivity contribution in [1.82, 2.24) is 29.3 Å². The highest BCUT2D eigenvalue weighted by Gasteiger charge is 2.25. The average molecular weight is 399 g/mol. The van der Waals surface area contributed by atoms with Gasteiger partial charge in [-0.25, -0.2) is 9.37 Å². The summed E-state index contributed by atoms with van der Waals surface area (Å²) in [7, 11) is 1.70. The van der Waals surface area contributed by atoms with Crippen molar-refractivity contribution in [2.75, 3.05) is 18.0 Å². The smallest absolute Gasteiger partial charge is 0.170 e. The van der Waals surface area contributed by atoms with E-state index in [0.29, 0.717) is 35.4 Å². The lowest BCUT2D eigenvalue weighted by Gasteiger charge is -2.31. The predicted octanol–water partition coefficient (Wildman–Crippen LogP) is 2.58. The molecule has 144 valence electrons. The second kappa shape index (κ2) is 6.64. The number of fused-ring (bicyclic) bond motifs is 1. The Morgan fingerprint density at radius 2 is 2.14 bits per heavy atom. The van der Waals surface area contributed by atoms with Crippen LogP contribution in [0.25, 0.3) is 33.0 Å². The zero-order valence-corrected chi connectivity index (χ0v) is 15.9. The van der Waals surface area contributed by atoms with Crippen LogP contribution in [0.1, 0.15) is 12.8 Å². The van der Waals surface area contributed by atoms with Gasteiger partial charge in [-0.2, -0.15) is 14.6 Å². The standard InChI is InChI=1S/C18H18FN7OS/c1-25-17(11(19)9-21-25)13-8-14(26-6-3-10(27)4-7-26)18-16(22-13)15(24-28-18)12-2-5-20-23-12/h2,5,8-10,27H,3-4,6-7H2,1H3,(H,20,23). The molecule has 1 aliphatic rings. The third kappa shape index (κ3) is 2.76. The second-order valence-electron chi connectivity index (χ2n) is 6.89. The van der Waals surface area contributed by atoms with Crippen molar-refractivity contribution >= 4 is 27.4 Å². The van der Waals surface area contributed by atoms with Gasteiger partial charge in [-0.15, -0.1) is 0 Å². The zero-order chi connectivity index (χ0) is 19.3. The molecule has 8 nitrogen and oxygen atoms in total. The Hall–Kier alpha value is -2.85. The fourth-order valence-corrected chi connectivity index (χ4v) is 4.51. The minimum absolute atomic E-state index is 0.274. The van der Waals surface area contributed by atoms with E-state index in [-0.39, 0.29) is 6.10 Å². The maximum absolute atomic E-state index is 14.4. The molecule has 5 rings (SSSR count). The van der Waals surface area contributed by atoms with Gasteiger partial charge in [0.2, 0.25) is 0 Å². The van der Waals surface area contributed by atoms with Crippen molar-refractivity contribution in [1.29, 1.82) is 0 Å². The van der Waals surface area contributed by atoms with Gasteiger partial charge in [0.1, 0.15) is 16.9 Å². The molecule has 4 aromatic rings. The molecule has 0 atom stereocenters. The van der Waals surface area contributed by atoms with Crippen LogP contribution in [0, 0.1) is 5.82 Å². The van der Waals surface area contributed by atoms with Crippen molar-refractivity contribution < 1.29 is 9.50 Å². The van der Waals surface area contributed by atoms with Crippen LogP contribution in [0.4, 0.5) is 10.1 Å². The minimum atomic E-state index is -0.416. The number of rotatable bonds is 3. The number of anilines is 1. The Bertz CT molecular complexity index is 1110. The number of aromatic nitrogens is 6. The number of halogens is 1. The van der Waals surface area contributed by atoms with E-state index in [1.54, 1.807) is 13.2 Å². The number of nitrogens with zero attached hydrogens (tertiary/aromatic N) is 6. The van der Waals surface area contributed by atoms with E-state index >= 15 is 0 Å². The number of piperidine rings is 1. The summed E-state index contributed by atoms with van der Waals surface area (Å²) in [6.07, 6.45) is 3.99.